The van der Waals surface area contributed by atoms with Crippen molar-refractivity contribution in [2.24, 2.45) is 0 Å². The highest BCUT2D eigenvalue weighted by molar-refractivity contribution is 5.26. The number of benzene rings is 1. The van der Waals surface area contributed by atoms with Crippen LogP contribution < -0.4 is 10.1 Å². The number of rotatable bonds is 7. The van der Waals surface area contributed by atoms with Gasteiger partial charge < -0.3 is 14.8 Å². The van der Waals surface area contributed by atoms with Crippen molar-refractivity contribution in [3.05, 3.63) is 29.8 Å². The molecule has 1 fully saturated rings. The predicted molar refractivity (Wildman–Crippen MR) is 72.9 cm³/mol. The number of hydrogen-bond donors (Lipinski definition) is 1. The molecule has 0 spiro atoms. The highest BCUT2D eigenvalue weighted by Crippen LogP contribution is 2.13. The van der Waals surface area contributed by atoms with Crippen LogP contribution in [-0.4, -0.2) is 26.3 Å². The van der Waals surface area contributed by atoms with Crippen LogP contribution in [0.15, 0.2) is 24.3 Å². The van der Waals surface area contributed by atoms with E-state index in [-0.39, 0.29) is 0 Å². The number of hydrogen-bond acceptors (Lipinski definition) is 3. The zero-order valence-corrected chi connectivity index (χ0v) is 11.2. The van der Waals surface area contributed by atoms with E-state index >= 15 is 0 Å². The Morgan fingerprint density at radius 1 is 1.28 bits per heavy atom. The van der Waals surface area contributed by atoms with Gasteiger partial charge in [0.15, 0.2) is 0 Å². The van der Waals surface area contributed by atoms with Gasteiger partial charge in [0.2, 0.25) is 0 Å². The lowest BCUT2D eigenvalue weighted by Crippen LogP contribution is -2.21. The molecule has 0 amide bonds. The summed E-state index contributed by atoms with van der Waals surface area (Å²) in [5.41, 5.74) is 1.20. The molecule has 1 atom stereocenters. The summed E-state index contributed by atoms with van der Waals surface area (Å²) in [6.45, 7) is 2.74. The lowest BCUT2D eigenvalue weighted by Gasteiger charge is -2.10. The van der Waals surface area contributed by atoms with Crippen LogP contribution in [0.3, 0.4) is 0 Å². The molecule has 0 saturated carbocycles. The Bertz CT molecular complexity index is 331. The second-order valence-corrected chi connectivity index (χ2v) is 4.84. The maximum absolute atomic E-state index is 5.68. The largest absolute Gasteiger partial charge is 0.497 e. The molecule has 1 heterocycles. The summed E-state index contributed by atoms with van der Waals surface area (Å²) in [7, 11) is 1.68. The first-order valence-electron chi connectivity index (χ1n) is 6.82. The minimum absolute atomic E-state index is 0.697. The first kappa shape index (κ1) is 13.4. The SMILES string of the molecule is COc1ccc(COCCCC2CCCN2)cc1. The van der Waals surface area contributed by atoms with E-state index in [1.807, 2.05) is 12.1 Å². The van der Waals surface area contributed by atoms with Gasteiger partial charge in [0.1, 0.15) is 5.75 Å². The van der Waals surface area contributed by atoms with Gasteiger partial charge in [0.25, 0.3) is 0 Å². The first-order chi connectivity index (χ1) is 8.88. The molecule has 1 aromatic rings. The Morgan fingerprint density at radius 3 is 2.78 bits per heavy atom. The summed E-state index contributed by atoms with van der Waals surface area (Å²) < 4.78 is 10.8. The summed E-state index contributed by atoms with van der Waals surface area (Å²) in [5, 5.41) is 3.51. The fourth-order valence-corrected chi connectivity index (χ4v) is 2.35. The van der Waals surface area contributed by atoms with Gasteiger partial charge in [0.05, 0.1) is 13.7 Å². The minimum Gasteiger partial charge on any atom is -0.497 e. The van der Waals surface area contributed by atoms with E-state index in [9.17, 15) is 0 Å². The highest BCUT2D eigenvalue weighted by Gasteiger charge is 2.12. The first-order valence-corrected chi connectivity index (χ1v) is 6.82. The third-order valence-electron chi connectivity index (χ3n) is 3.43. The molecule has 1 unspecified atom stereocenters. The topological polar surface area (TPSA) is 30.5 Å². The molecule has 1 saturated heterocycles. The summed E-state index contributed by atoms with van der Waals surface area (Å²) in [6.07, 6.45) is 5.05. The van der Waals surface area contributed by atoms with Crippen LogP contribution >= 0.6 is 0 Å². The normalized spacial score (nSPS) is 19.1. The molecule has 100 valence electrons. The molecule has 2 rings (SSSR count). The molecule has 1 aliphatic rings. The van der Waals surface area contributed by atoms with Crippen molar-refractivity contribution in [2.45, 2.75) is 38.3 Å². The molecule has 18 heavy (non-hydrogen) atoms. The highest BCUT2D eigenvalue weighted by atomic mass is 16.5. The molecule has 0 aliphatic carbocycles. The van der Waals surface area contributed by atoms with E-state index in [1.54, 1.807) is 7.11 Å². The van der Waals surface area contributed by atoms with Gasteiger partial charge in [-0.3, -0.25) is 0 Å². The number of ether oxygens (including phenoxy) is 2. The summed E-state index contributed by atoms with van der Waals surface area (Å²) in [4.78, 5) is 0. The van der Waals surface area contributed by atoms with Gasteiger partial charge in [-0.25, -0.2) is 0 Å². The lowest BCUT2D eigenvalue weighted by atomic mass is 10.1. The summed E-state index contributed by atoms with van der Waals surface area (Å²) in [6, 6.07) is 8.78. The molecule has 3 heteroatoms. The quantitative estimate of drug-likeness (QED) is 0.754. The molecule has 1 N–H and O–H groups in total. The average molecular weight is 249 g/mol. The van der Waals surface area contributed by atoms with Crippen molar-refractivity contribution in [2.75, 3.05) is 20.3 Å². The maximum Gasteiger partial charge on any atom is 0.118 e. The minimum atomic E-state index is 0.697. The van der Waals surface area contributed by atoms with Crippen molar-refractivity contribution in [3.8, 4) is 5.75 Å². The summed E-state index contributed by atoms with van der Waals surface area (Å²) >= 11 is 0. The van der Waals surface area contributed by atoms with Crippen LogP contribution in [0.25, 0.3) is 0 Å². The van der Waals surface area contributed by atoms with E-state index in [4.69, 9.17) is 9.47 Å². The lowest BCUT2D eigenvalue weighted by molar-refractivity contribution is 0.115. The molecule has 0 aromatic heterocycles. The predicted octanol–water partition coefficient (Wildman–Crippen LogP) is 2.74. The van der Waals surface area contributed by atoms with E-state index in [0.717, 1.165) is 24.8 Å². The van der Waals surface area contributed by atoms with Gasteiger partial charge in [-0.15, -0.1) is 0 Å². The second-order valence-electron chi connectivity index (χ2n) is 4.84. The number of methoxy groups -OCH3 is 1. The van der Waals surface area contributed by atoms with Crippen molar-refractivity contribution < 1.29 is 9.47 Å². The van der Waals surface area contributed by atoms with Crippen LogP contribution in [0.1, 0.15) is 31.2 Å². The molecule has 1 aromatic carbocycles. The van der Waals surface area contributed by atoms with Crippen LogP contribution in [0.5, 0.6) is 5.75 Å². The average Bonchev–Trinajstić information content (AvgIpc) is 2.92. The zero-order chi connectivity index (χ0) is 12.6. The summed E-state index contributed by atoms with van der Waals surface area (Å²) in [5.74, 6) is 0.894. The zero-order valence-electron chi connectivity index (χ0n) is 11.2. The Kier molecular flexibility index (Phi) is 5.49. The molecule has 3 nitrogen and oxygen atoms in total. The Labute approximate surface area is 109 Å². The second kappa shape index (κ2) is 7.39. The Morgan fingerprint density at radius 2 is 2.11 bits per heavy atom. The van der Waals surface area contributed by atoms with Crippen molar-refractivity contribution >= 4 is 0 Å². The maximum atomic E-state index is 5.68. The van der Waals surface area contributed by atoms with E-state index in [2.05, 4.69) is 17.4 Å². The smallest absolute Gasteiger partial charge is 0.118 e. The molecule has 0 bridgehead atoms. The standard InChI is InChI=1S/C15H23NO2/c1-17-15-8-6-13(7-9-15)12-18-11-3-5-14-4-2-10-16-14/h6-9,14,16H,2-5,10-12H2,1H3. The molecular weight excluding hydrogens is 226 g/mol. The third-order valence-corrected chi connectivity index (χ3v) is 3.43. The van der Waals surface area contributed by atoms with Crippen molar-refractivity contribution in [3.63, 3.8) is 0 Å². The molecular formula is C15H23NO2. The van der Waals surface area contributed by atoms with Crippen molar-refractivity contribution in [1.82, 2.24) is 5.32 Å². The van der Waals surface area contributed by atoms with E-state index < -0.39 is 0 Å². The third kappa shape index (κ3) is 4.31. The Hall–Kier alpha value is -1.06. The fraction of sp³-hybridized carbons (Fsp3) is 0.600. The van der Waals surface area contributed by atoms with Gasteiger partial charge in [-0.05, 0) is 49.9 Å². The van der Waals surface area contributed by atoms with E-state index in [0.29, 0.717) is 6.61 Å². The van der Waals surface area contributed by atoms with Gasteiger partial charge >= 0.3 is 0 Å². The Balaban J connectivity index is 1.56. The van der Waals surface area contributed by atoms with Crippen LogP contribution in [-0.2, 0) is 11.3 Å². The molecule has 1 aliphatic heterocycles. The fourth-order valence-electron chi connectivity index (χ4n) is 2.35. The van der Waals surface area contributed by atoms with E-state index in [1.165, 1.54) is 31.4 Å². The number of nitrogens with one attached hydrogen (secondary N) is 1. The van der Waals surface area contributed by atoms with Gasteiger partial charge in [-0.1, -0.05) is 12.1 Å². The van der Waals surface area contributed by atoms with Crippen LogP contribution in [0.4, 0.5) is 0 Å². The van der Waals surface area contributed by atoms with Gasteiger partial charge in [-0.2, -0.15) is 0 Å². The molecule has 0 radical (unpaired) electrons. The monoisotopic (exact) mass is 249 g/mol. The van der Waals surface area contributed by atoms with Crippen LogP contribution in [0.2, 0.25) is 0 Å². The van der Waals surface area contributed by atoms with Crippen LogP contribution in [0, 0.1) is 0 Å². The van der Waals surface area contributed by atoms with Gasteiger partial charge in [0, 0.05) is 12.6 Å². The van der Waals surface area contributed by atoms with Crippen molar-refractivity contribution in [1.29, 1.82) is 0 Å².